The number of hydrogen-bond donors (Lipinski definition) is 3. The first-order valence-electron chi connectivity index (χ1n) is 5.89. The largest absolute Gasteiger partial charge is 0.478 e. The topological polar surface area (TPSA) is 121 Å². The van der Waals surface area contributed by atoms with Crippen molar-refractivity contribution in [3.05, 3.63) is 39.7 Å². The zero-order valence-electron chi connectivity index (χ0n) is 12.1. The molecule has 1 aromatic carbocycles. The smallest absolute Gasteiger partial charge is 0.338 e. The fourth-order valence-electron chi connectivity index (χ4n) is 0.791. The van der Waals surface area contributed by atoms with Crippen molar-refractivity contribution < 1.29 is 29.4 Å². The number of rotatable bonds is 3. The Kier molecular flexibility index (Phi) is 5.95. The van der Waals surface area contributed by atoms with Gasteiger partial charge in [0.05, 0.1) is 16.1 Å². The van der Waals surface area contributed by atoms with Gasteiger partial charge in [-0.1, -0.05) is 0 Å². The maximum absolute atomic E-state index is 12.7. The van der Waals surface area contributed by atoms with E-state index in [1.165, 1.54) is 0 Å². The number of benzene rings is 1. The summed E-state index contributed by atoms with van der Waals surface area (Å²) in [6, 6.07) is 2.33. The Labute approximate surface area is 120 Å². The molecular weight excluding hydrogens is 285 g/mol. The van der Waals surface area contributed by atoms with E-state index < -0.39 is 39.2 Å². The normalized spacial score (nSPS) is 11.4. The Morgan fingerprint density at radius 3 is 1.90 bits per heavy atom. The number of nitro groups is 1. The van der Waals surface area contributed by atoms with Gasteiger partial charge in [0.15, 0.2) is 0 Å². The standard InChI is InChI=1S/C7H4FNO4.C6H14O2/c8-6-2-1-4(9(12)13)3-5(6)7(10)11;1-5(2,7)6(3,4)8/h1-3H,(H,10,11);7-8H,1-4H3. The zero-order valence-corrected chi connectivity index (χ0v) is 12.1. The van der Waals surface area contributed by atoms with Crippen molar-refractivity contribution in [3.8, 4) is 0 Å². The first-order chi connectivity index (χ1) is 9.27. The Morgan fingerprint density at radius 1 is 1.19 bits per heavy atom. The molecule has 0 saturated heterocycles. The average molecular weight is 303 g/mol. The van der Waals surface area contributed by atoms with Gasteiger partial charge in [0.2, 0.25) is 0 Å². The van der Waals surface area contributed by atoms with Crippen LogP contribution in [0.5, 0.6) is 0 Å². The van der Waals surface area contributed by atoms with Crippen LogP contribution in [0.4, 0.5) is 10.1 Å². The first-order valence-corrected chi connectivity index (χ1v) is 5.89. The third kappa shape index (κ3) is 5.84. The second-order valence-corrected chi connectivity index (χ2v) is 5.34. The van der Waals surface area contributed by atoms with Crippen LogP contribution in [-0.4, -0.2) is 37.4 Å². The summed E-state index contributed by atoms with van der Waals surface area (Å²) in [5.41, 5.74) is -3.16. The Hall–Kier alpha value is -2.06. The zero-order chi connectivity index (χ0) is 17.0. The molecule has 3 N–H and O–H groups in total. The quantitative estimate of drug-likeness (QED) is 0.579. The molecule has 1 rings (SSSR count). The first kappa shape index (κ1) is 18.9. The minimum atomic E-state index is -1.53. The van der Waals surface area contributed by atoms with Crippen molar-refractivity contribution in [2.75, 3.05) is 0 Å². The number of carboxylic acids is 1. The molecule has 0 heterocycles. The van der Waals surface area contributed by atoms with Crippen LogP contribution in [0.1, 0.15) is 38.1 Å². The fraction of sp³-hybridized carbons (Fsp3) is 0.462. The van der Waals surface area contributed by atoms with Gasteiger partial charge in [0.1, 0.15) is 11.4 Å². The van der Waals surface area contributed by atoms with Crippen molar-refractivity contribution in [1.29, 1.82) is 0 Å². The van der Waals surface area contributed by atoms with E-state index in [4.69, 9.17) is 15.3 Å². The van der Waals surface area contributed by atoms with Gasteiger partial charge in [-0.2, -0.15) is 0 Å². The number of carboxylic acid groups (broad SMARTS) is 1. The molecule has 0 bridgehead atoms. The van der Waals surface area contributed by atoms with Gasteiger partial charge in [0, 0.05) is 12.1 Å². The second kappa shape index (κ2) is 6.59. The maximum Gasteiger partial charge on any atom is 0.338 e. The number of nitro benzene ring substituents is 1. The number of nitrogens with zero attached hydrogens (tertiary/aromatic N) is 1. The lowest BCUT2D eigenvalue weighted by Crippen LogP contribution is -2.44. The summed E-state index contributed by atoms with van der Waals surface area (Å²) in [5, 5.41) is 36.8. The molecule has 0 radical (unpaired) electrons. The molecule has 0 amide bonds. The van der Waals surface area contributed by atoms with Gasteiger partial charge in [-0.15, -0.1) is 0 Å². The minimum absolute atomic E-state index is 0.446. The maximum atomic E-state index is 12.7. The van der Waals surface area contributed by atoms with E-state index in [1.54, 1.807) is 27.7 Å². The van der Waals surface area contributed by atoms with Crippen LogP contribution in [0.3, 0.4) is 0 Å². The molecule has 0 aromatic heterocycles. The molecule has 0 unspecified atom stereocenters. The number of non-ortho nitro benzene ring substituents is 1. The summed E-state index contributed by atoms with van der Waals surface area (Å²) >= 11 is 0. The molecule has 8 heteroatoms. The van der Waals surface area contributed by atoms with E-state index >= 15 is 0 Å². The second-order valence-electron chi connectivity index (χ2n) is 5.34. The van der Waals surface area contributed by atoms with E-state index in [1.807, 2.05) is 0 Å². The number of aliphatic hydroxyl groups is 2. The number of halogens is 1. The van der Waals surface area contributed by atoms with Crippen molar-refractivity contribution in [3.63, 3.8) is 0 Å². The summed E-state index contributed by atoms with van der Waals surface area (Å²) in [4.78, 5) is 19.7. The Morgan fingerprint density at radius 2 is 1.62 bits per heavy atom. The molecule has 7 nitrogen and oxygen atoms in total. The molecule has 0 aliphatic heterocycles. The molecule has 0 fully saturated rings. The summed E-state index contributed by atoms with van der Waals surface area (Å²) in [5.74, 6) is -2.51. The Balaban J connectivity index is 0.000000433. The van der Waals surface area contributed by atoms with Crippen LogP contribution >= 0.6 is 0 Å². The molecule has 0 aliphatic carbocycles. The minimum Gasteiger partial charge on any atom is -0.478 e. The van der Waals surface area contributed by atoms with Gasteiger partial charge in [0.25, 0.3) is 5.69 Å². The molecule has 0 spiro atoms. The van der Waals surface area contributed by atoms with E-state index in [-0.39, 0.29) is 0 Å². The van der Waals surface area contributed by atoms with Crippen LogP contribution in [-0.2, 0) is 0 Å². The van der Waals surface area contributed by atoms with E-state index in [0.717, 1.165) is 12.1 Å². The highest BCUT2D eigenvalue weighted by molar-refractivity contribution is 5.88. The lowest BCUT2D eigenvalue weighted by molar-refractivity contribution is -0.384. The van der Waals surface area contributed by atoms with Crippen LogP contribution in [0.25, 0.3) is 0 Å². The number of hydrogen-bond acceptors (Lipinski definition) is 5. The van der Waals surface area contributed by atoms with Gasteiger partial charge >= 0.3 is 5.97 Å². The molecular formula is C13H18FNO6. The number of carbonyl (C=O) groups is 1. The predicted octanol–water partition coefficient (Wildman–Crippen LogP) is 1.96. The SMILES string of the molecule is CC(C)(O)C(C)(C)O.O=C(O)c1cc([N+](=O)[O-])ccc1F. The lowest BCUT2D eigenvalue weighted by Gasteiger charge is -2.31. The van der Waals surface area contributed by atoms with Crippen molar-refractivity contribution >= 4 is 11.7 Å². The summed E-state index contributed by atoms with van der Waals surface area (Å²) < 4.78 is 12.7. The van der Waals surface area contributed by atoms with Crippen LogP contribution in [0.2, 0.25) is 0 Å². The van der Waals surface area contributed by atoms with Crippen LogP contribution in [0, 0.1) is 15.9 Å². The molecule has 1 aromatic rings. The van der Waals surface area contributed by atoms with E-state index in [9.17, 15) is 19.3 Å². The average Bonchev–Trinajstić information content (AvgIpc) is 2.26. The Bertz CT molecular complexity index is 518. The molecule has 0 atom stereocenters. The highest BCUT2D eigenvalue weighted by Crippen LogP contribution is 2.19. The van der Waals surface area contributed by atoms with Gasteiger partial charge in [-0.3, -0.25) is 10.1 Å². The third-order valence-corrected chi connectivity index (χ3v) is 2.89. The monoisotopic (exact) mass is 303 g/mol. The molecule has 118 valence electrons. The highest BCUT2D eigenvalue weighted by atomic mass is 19.1. The van der Waals surface area contributed by atoms with Crippen molar-refractivity contribution in [1.82, 2.24) is 0 Å². The summed E-state index contributed by atoms with van der Waals surface area (Å²) in [6.45, 7) is 6.31. The molecule has 21 heavy (non-hydrogen) atoms. The summed E-state index contributed by atoms with van der Waals surface area (Å²) in [6.07, 6.45) is 0. The van der Waals surface area contributed by atoms with Crippen molar-refractivity contribution in [2.45, 2.75) is 38.9 Å². The van der Waals surface area contributed by atoms with Gasteiger partial charge in [-0.25, -0.2) is 9.18 Å². The molecule has 0 saturated carbocycles. The summed E-state index contributed by atoms with van der Waals surface area (Å²) in [7, 11) is 0. The molecule has 0 aliphatic rings. The predicted molar refractivity (Wildman–Crippen MR) is 72.6 cm³/mol. The van der Waals surface area contributed by atoms with Gasteiger partial charge < -0.3 is 15.3 Å². The van der Waals surface area contributed by atoms with Crippen LogP contribution < -0.4 is 0 Å². The van der Waals surface area contributed by atoms with Crippen LogP contribution in [0.15, 0.2) is 18.2 Å². The van der Waals surface area contributed by atoms with Gasteiger partial charge in [-0.05, 0) is 33.8 Å². The third-order valence-electron chi connectivity index (χ3n) is 2.89. The lowest BCUT2D eigenvalue weighted by atomic mass is 9.90. The van der Waals surface area contributed by atoms with Crippen molar-refractivity contribution in [2.24, 2.45) is 0 Å². The van der Waals surface area contributed by atoms with E-state index in [0.29, 0.717) is 6.07 Å². The number of aromatic carboxylic acids is 1. The highest BCUT2D eigenvalue weighted by Gasteiger charge is 2.31. The fourth-order valence-corrected chi connectivity index (χ4v) is 0.791. The van der Waals surface area contributed by atoms with E-state index in [2.05, 4.69) is 0 Å².